The molecule has 7 aromatic carbocycles. The summed E-state index contributed by atoms with van der Waals surface area (Å²) in [6.07, 6.45) is 0. The van der Waals surface area contributed by atoms with Gasteiger partial charge in [-0.05, 0) is 56.6 Å². The fourth-order valence-corrected chi connectivity index (χ4v) is 6.20. The highest BCUT2D eigenvalue weighted by atomic mass is 16.3. The first-order chi connectivity index (χ1) is 21.3. The summed E-state index contributed by atoms with van der Waals surface area (Å²) in [7, 11) is 0. The minimum absolute atomic E-state index is 0.639. The molecule has 0 fully saturated rings. The number of aromatic nitrogens is 3. The van der Waals surface area contributed by atoms with Crippen LogP contribution in [0.5, 0.6) is 0 Å². The van der Waals surface area contributed by atoms with Crippen LogP contribution in [0.3, 0.4) is 0 Å². The third-order valence-electron chi connectivity index (χ3n) is 8.29. The molecule has 0 saturated carbocycles. The summed E-state index contributed by atoms with van der Waals surface area (Å²) in [5, 5.41) is 9.09. The molecule has 2 heterocycles. The number of nitrogens with zero attached hydrogens (tertiary/aromatic N) is 3. The van der Waals surface area contributed by atoms with Crippen molar-refractivity contribution in [2.24, 2.45) is 0 Å². The van der Waals surface area contributed by atoms with Crippen molar-refractivity contribution in [3.05, 3.63) is 140 Å². The van der Waals surface area contributed by atoms with E-state index in [-0.39, 0.29) is 0 Å². The average molecular weight is 550 g/mol. The van der Waals surface area contributed by atoms with Gasteiger partial charge in [0.25, 0.3) is 0 Å². The predicted octanol–water partition coefficient (Wildman–Crippen LogP) is 10.2. The molecule has 0 atom stereocenters. The van der Waals surface area contributed by atoms with Crippen molar-refractivity contribution in [3.63, 3.8) is 0 Å². The zero-order valence-corrected chi connectivity index (χ0v) is 23.0. The molecule has 2 aromatic heterocycles. The lowest BCUT2D eigenvalue weighted by molar-refractivity contribution is 0.669. The Kier molecular flexibility index (Phi) is 5.16. The van der Waals surface area contributed by atoms with Crippen molar-refractivity contribution < 1.29 is 4.42 Å². The molecule has 43 heavy (non-hydrogen) atoms. The van der Waals surface area contributed by atoms with Gasteiger partial charge in [0.05, 0.1) is 0 Å². The van der Waals surface area contributed by atoms with Crippen LogP contribution < -0.4 is 0 Å². The van der Waals surface area contributed by atoms with Crippen molar-refractivity contribution in [3.8, 4) is 34.2 Å². The third kappa shape index (κ3) is 3.88. The van der Waals surface area contributed by atoms with Crippen LogP contribution in [-0.4, -0.2) is 15.0 Å². The van der Waals surface area contributed by atoms with E-state index in [4.69, 9.17) is 19.4 Å². The quantitative estimate of drug-likeness (QED) is 0.220. The van der Waals surface area contributed by atoms with E-state index in [9.17, 15) is 0 Å². The number of para-hydroxylation sites is 1. The largest absolute Gasteiger partial charge is 0.456 e. The van der Waals surface area contributed by atoms with Crippen LogP contribution in [0.2, 0.25) is 0 Å². The summed E-state index contributed by atoms with van der Waals surface area (Å²) in [6.45, 7) is 0. The Morgan fingerprint density at radius 3 is 1.86 bits per heavy atom. The summed E-state index contributed by atoms with van der Waals surface area (Å²) >= 11 is 0. The van der Waals surface area contributed by atoms with Crippen LogP contribution in [0.15, 0.2) is 144 Å². The lowest BCUT2D eigenvalue weighted by Gasteiger charge is -2.11. The molecule has 0 aliphatic carbocycles. The molecule has 4 nitrogen and oxygen atoms in total. The predicted molar refractivity (Wildman–Crippen MR) is 176 cm³/mol. The second kappa shape index (κ2) is 9.33. The first-order valence-electron chi connectivity index (χ1n) is 14.4. The van der Waals surface area contributed by atoms with Crippen molar-refractivity contribution in [1.82, 2.24) is 15.0 Å². The van der Waals surface area contributed by atoms with E-state index in [1.807, 2.05) is 12.1 Å². The SMILES string of the molecule is c1ccc2cc(-c3nc(-c4ccc5c(ccc6oc7ccccc7c65)c4)nc(-c4cccc5ccccc45)n3)ccc2c1. The maximum Gasteiger partial charge on any atom is 0.164 e. The van der Waals surface area contributed by atoms with Crippen molar-refractivity contribution >= 4 is 54.3 Å². The number of rotatable bonds is 3. The lowest BCUT2D eigenvalue weighted by atomic mass is 10.0. The van der Waals surface area contributed by atoms with Gasteiger partial charge in [0.2, 0.25) is 0 Å². The molecular formula is C39H23N3O. The Balaban J connectivity index is 1.28. The number of furan rings is 1. The topological polar surface area (TPSA) is 51.8 Å². The van der Waals surface area contributed by atoms with E-state index in [0.29, 0.717) is 17.5 Å². The molecule has 200 valence electrons. The summed E-state index contributed by atoms with van der Waals surface area (Å²) in [6, 6.07) is 48.2. The Morgan fingerprint density at radius 1 is 0.372 bits per heavy atom. The number of hydrogen-bond donors (Lipinski definition) is 0. The second-order valence-corrected chi connectivity index (χ2v) is 10.9. The maximum atomic E-state index is 6.14. The van der Waals surface area contributed by atoms with Gasteiger partial charge in [0.15, 0.2) is 17.5 Å². The molecule has 9 aromatic rings. The Morgan fingerprint density at radius 2 is 1.00 bits per heavy atom. The minimum Gasteiger partial charge on any atom is -0.456 e. The van der Waals surface area contributed by atoms with Gasteiger partial charge in [-0.15, -0.1) is 0 Å². The Labute approximate surface area is 246 Å². The molecular weight excluding hydrogens is 526 g/mol. The van der Waals surface area contributed by atoms with E-state index in [1.54, 1.807) is 0 Å². The van der Waals surface area contributed by atoms with Crippen LogP contribution in [-0.2, 0) is 0 Å². The standard InChI is InChI=1S/C39H23N3O/c1-2-10-26-22-28(17-16-24(26)8-1)37-40-38(42-39(41-37)32-14-7-11-25-9-3-4-12-30(25)32)29-18-20-31-27(23-29)19-21-35-36(31)33-13-5-6-15-34(33)43-35/h1-23H. The van der Waals surface area contributed by atoms with Crippen LogP contribution in [0.4, 0.5) is 0 Å². The number of hydrogen-bond acceptors (Lipinski definition) is 4. The molecule has 0 bridgehead atoms. The average Bonchev–Trinajstić information content (AvgIpc) is 3.46. The van der Waals surface area contributed by atoms with Gasteiger partial charge >= 0.3 is 0 Å². The second-order valence-electron chi connectivity index (χ2n) is 10.9. The molecule has 0 N–H and O–H groups in total. The van der Waals surface area contributed by atoms with Gasteiger partial charge in [0, 0.05) is 27.5 Å². The summed E-state index contributed by atoms with van der Waals surface area (Å²) in [4.78, 5) is 15.2. The Bertz CT molecular complexity index is 2520. The zero-order valence-electron chi connectivity index (χ0n) is 23.0. The summed E-state index contributed by atoms with van der Waals surface area (Å²) < 4.78 is 6.14. The Hall–Kier alpha value is -5.87. The highest BCUT2D eigenvalue weighted by molar-refractivity contribution is 6.19. The van der Waals surface area contributed by atoms with Crippen LogP contribution in [0, 0.1) is 0 Å². The first kappa shape index (κ1) is 23.8. The van der Waals surface area contributed by atoms with E-state index in [0.717, 1.165) is 65.6 Å². The molecule has 0 unspecified atom stereocenters. The highest BCUT2D eigenvalue weighted by Crippen LogP contribution is 2.36. The van der Waals surface area contributed by atoms with Crippen molar-refractivity contribution in [2.45, 2.75) is 0 Å². The highest BCUT2D eigenvalue weighted by Gasteiger charge is 2.16. The van der Waals surface area contributed by atoms with Gasteiger partial charge in [-0.3, -0.25) is 0 Å². The normalized spacial score (nSPS) is 11.7. The smallest absolute Gasteiger partial charge is 0.164 e. The van der Waals surface area contributed by atoms with Crippen molar-refractivity contribution in [2.75, 3.05) is 0 Å². The van der Waals surface area contributed by atoms with Crippen molar-refractivity contribution in [1.29, 1.82) is 0 Å². The van der Waals surface area contributed by atoms with Gasteiger partial charge in [0.1, 0.15) is 11.2 Å². The fourth-order valence-electron chi connectivity index (χ4n) is 6.20. The number of benzene rings is 7. The zero-order chi connectivity index (χ0) is 28.3. The molecule has 0 spiro atoms. The lowest BCUT2D eigenvalue weighted by Crippen LogP contribution is -2.00. The van der Waals surface area contributed by atoms with Gasteiger partial charge in [-0.2, -0.15) is 0 Å². The van der Waals surface area contributed by atoms with Gasteiger partial charge < -0.3 is 4.42 Å². The van der Waals surface area contributed by atoms with E-state index in [2.05, 4.69) is 127 Å². The van der Waals surface area contributed by atoms with E-state index < -0.39 is 0 Å². The molecule has 0 aliphatic heterocycles. The van der Waals surface area contributed by atoms with Gasteiger partial charge in [-0.1, -0.05) is 115 Å². The van der Waals surface area contributed by atoms with Crippen LogP contribution in [0.25, 0.3) is 88.4 Å². The molecule has 4 heteroatoms. The first-order valence-corrected chi connectivity index (χ1v) is 14.4. The molecule has 0 saturated heterocycles. The van der Waals surface area contributed by atoms with Gasteiger partial charge in [-0.25, -0.2) is 15.0 Å². The third-order valence-corrected chi connectivity index (χ3v) is 8.29. The van der Waals surface area contributed by atoms with E-state index >= 15 is 0 Å². The fraction of sp³-hybridized carbons (Fsp3) is 0. The summed E-state index contributed by atoms with van der Waals surface area (Å²) in [5.41, 5.74) is 4.66. The maximum absolute atomic E-state index is 6.14. The molecule has 0 radical (unpaired) electrons. The van der Waals surface area contributed by atoms with Crippen LogP contribution in [0.1, 0.15) is 0 Å². The monoisotopic (exact) mass is 549 g/mol. The summed E-state index contributed by atoms with van der Waals surface area (Å²) in [5.74, 6) is 1.94. The minimum atomic E-state index is 0.639. The molecule has 0 aliphatic rings. The molecule has 9 rings (SSSR count). The molecule has 0 amide bonds. The van der Waals surface area contributed by atoms with Crippen LogP contribution >= 0.6 is 0 Å². The number of fused-ring (bicyclic) bond motifs is 7. The van der Waals surface area contributed by atoms with E-state index in [1.165, 1.54) is 5.39 Å².